The van der Waals surface area contributed by atoms with Gasteiger partial charge in [-0.1, -0.05) is 32.0 Å². The van der Waals surface area contributed by atoms with Gasteiger partial charge in [0.1, 0.15) is 0 Å². The first-order valence-corrected chi connectivity index (χ1v) is 8.50. The average molecular weight is 393 g/mol. The van der Waals surface area contributed by atoms with Crippen LogP contribution >= 0.6 is 0 Å². The molecule has 0 fully saturated rings. The van der Waals surface area contributed by atoms with Gasteiger partial charge in [-0.05, 0) is 35.7 Å². The summed E-state index contributed by atoms with van der Waals surface area (Å²) in [5, 5.41) is 2.71. The number of ether oxygens (including phenoxy) is 3. The smallest absolute Gasteiger partial charge is 0.387 e. The molecule has 0 unspecified atom stereocenters. The predicted molar refractivity (Wildman–Crippen MR) is 99.1 cm³/mol. The Morgan fingerprint density at radius 2 is 1.79 bits per heavy atom. The van der Waals surface area contributed by atoms with Gasteiger partial charge in [0.2, 0.25) is 0 Å². The average Bonchev–Trinajstić information content (AvgIpc) is 2.66. The molecule has 6 nitrogen and oxygen atoms in total. The lowest BCUT2D eigenvalue weighted by atomic mass is 10.0. The van der Waals surface area contributed by atoms with E-state index in [2.05, 4.69) is 10.1 Å². The molecule has 0 spiro atoms. The maximum Gasteiger partial charge on any atom is 0.387 e. The molecule has 150 valence electrons. The van der Waals surface area contributed by atoms with Gasteiger partial charge in [0.05, 0.1) is 12.7 Å². The molecule has 2 aromatic carbocycles. The standard InChI is InChI=1S/C20H21F2NO5/c1-12(2)14-6-4-5-7-15(14)23-18(24)11-27-19(25)13-8-9-16(28-20(21)22)17(10-13)26-3/h4-10,12,20H,11H2,1-3H3,(H,23,24). The van der Waals surface area contributed by atoms with E-state index in [9.17, 15) is 18.4 Å². The van der Waals surface area contributed by atoms with Crippen LogP contribution in [0.4, 0.5) is 14.5 Å². The maximum absolute atomic E-state index is 12.3. The highest BCUT2D eigenvalue weighted by atomic mass is 19.3. The van der Waals surface area contributed by atoms with Crippen molar-refractivity contribution in [2.45, 2.75) is 26.4 Å². The number of benzene rings is 2. The Kier molecular flexibility index (Phi) is 7.31. The van der Waals surface area contributed by atoms with Crippen molar-refractivity contribution in [2.75, 3.05) is 19.0 Å². The Hall–Kier alpha value is -3.16. The normalized spacial score (nSPS) is 10.7. The number of alkyl halides is 2. The van der Waals surface area contributed by atoms with Crippen molar-refractivity contribution < 1.29 is 32.6 Å². The van der Waals surface area contributed by atoms with Crippen LogP contribution in [0, 0.1) is 0 Å². The molecule has 28 heavy (non-hydrogen) atoms. The van der Waals surface area contributed by atoms with Gasteiger partial charge in [0, 0.05) is 5.69 Å². The number of para-hydroxylation sites is 1. The van der Waals surface area contributed by atoms with Gasteiger partial charge < -0.3 is 19.5 Å². The van der Waals surface area contributed by atoms with Gasteiger partial charge in [-0.15, -0.1) is 0 Å². The van der Waals surface area contributed by atoms with Gasteiger partial charge in [-0.2, -0.15) is 8.78 Å². The molecular weight excluding hydrogens is 372 g/mol. The van der Waals surface area contributed by atoms with E-state index in [1.165, 1.54) is 25.3 Å². The fourth-order valence-corrected chi connectivity index (χ4v) is 2.50. The van der Waals surface area contributed by atoms with Crippen LogP contribution in [0.5, 0.6) is 11.5 Å². The fraction of sp³-hybridized carbons (Fsp3) is 0.300. The second-order valence-electron chi connectivity index (χ2n) is 6.11. The van der Waals surface area contributed by atoms with E-state index in [4.69, 9.17) is 9.47 Å². The van der Waals surface area contributed by atoms with E-state index >= 15 is 0 Å². The van der Waals surface area contributed by atoms with Crippen LogP contribution in [-0.2, 0) is 9.53 Å². The lowest BCUT2D eigenvalue weighted by Crippen LogP contribution is -2.21. The van der Waals surface area contributed by atoms with E-state index in [0.29, 0.717) is 5.69 Å². The summed E-state index contributed by atoms with van der Waals surface area (Å²) in [6.07, 6.45) is 0. The number of carbonyl (C=O) groups is 2. The predicted octanol–water partition coefficient (Wildman–Crippen LogP) is 4.22. The lowest BCUT2D eigenvalue weighted by Gasteiger charge is -2.14. The van der Waals surface area contributed by atoms with Crippen molar-refractivity contribution in [3.63, 3.8) is 0 Å². The summed E-state index contributed by atoms with van der Waals surface area (Å²) in [5.41, 5.74) is 1.64. The lowest BCUT2D eigenvalue weighted by molar-refractivity contribution is -0.119. The molecule has 1 N–H and O–H groups in total. The van der Waals surface area contributed by atoms with Crippen LogP contribution in [0.25, 0.3) is 0 Å². The quantitative estimate of drug-likeness (QED) is 0.680. The van der Waals surface area contributed by atoms with E-state index in [0.717, 1.165) is 5.56 Å². The first-order chi connectivity index (χ1) is 13.3. The minimum absolute atomic E-state index is 0.0360. The molecule has 2 aromatic rings. The number of nitrogens with one attached hydrogen (secondary N) is 1. The number of hydrogen-bond donors (Lipinski definition) is 1. The van der Waals surface area contributed by atoms with Crippen molar-refractivity contribution in [3.05, 3.63) is 53.6 Å². The molecule has 0 heterocycles. The minimum atomic E-state index is -3.02. The molecule has 0 saturated carbocycles. The molecule has 0 aliphatic heterocycles. The van der Waals surface area contributed by atoms with Crippen molar-refractivity contribution in [1.82, 2.24) is 0 Å². The van der Waals surface area contributed by atoms with Crippen LogP contribution in [0.1, 0.15) is 35.7 Å². The van der Waals surface area contributed by atoms with Gasteiger partial charge >= 0.3 is 12.6 Å². The maximum atomic E-state index is 12.3. The molecule has 2 rings (SSSR count). The number of anilines is 1. The van der Waals surface area contributed by atoms with Crippen molar-refractivity contribution >= 4 is 17.6 Å². The molecule has 1 amide bonds. The zero-order valence-corrected chi connectivity index (χ0v) is 15.7. The van der Waals surface area contributed by atoms with E-state index in [1.54, 1.807) is 12.1 Å². The Morgan fingerprint density at radius 1 is 1.07 bits per heavy atom. The number of amides is 1. The summed E-state index contributed by atoms with van der Waals surface area (Å²) in [5.74, 6) is -1.34. The number of esters is 1. The third kappa shape index (κ3) is 5.67. The highest BCUT2D eigenvalue weighted by Crippen LogP contribution is 2.29. The summed E-state index contributed by atoms with van der Waals surface area (Å²) < 4.78 is 38.9. The molecule has 0 aliphatic carbocycles. The second-order valence-corrected chi connectivity index (χ2v) is 6.11. The van der Waals surface area contributed by atoms with Gasteiger partial charge in [0.25, 0.3) is 5.91 Å². The Labute approximate surface area is 161 Å². The largest absolute Gasteiger partial charge is 0.493 e. The third-order valence-electron chi connectivity index (χ3n) is 3.81. The highest BCUT2D eigenvalue weighted by Gasteiger charge is 2.16. The molecule has 0 radical (unpaired) electrons. The third-order valence-corrected chi connectivity index (χ3v) is 3.81. The van der Waals surface area contributed by atoms with Crippen LogP contribution in [0.15, 0.2) is 42.5 Å². The Bertz CT molecular complexity index is 839. The summed E-state index contributed by atoms with van der Waals surface area (Å²) in [7, 11) is 1.25. The molecule has 0 bridgehead atoms. The molecule has 8 heteroatoms. The second kappa shape index (κ2) is 9.68. The van der Waals surface area contributed by atoms with E-state index in [1.807, 2.05) is 26.0 Å². The monoisotopic (exact) mass is 393 g/mol. The molecule has 0 saturated heterocycles. The number of methoxy groups -OCH3 is 1. The van der Waals surface area contributed by atoms with Crippen molar-refractivity contribution in [3.8, 4) is 11.5 Å². The first-order valence-electron chi connectivity index (χ1n) is 8.50. The summed E-state index contributed by atoms with van der Waals surface area (Å²) in [6.45, 7) is 0.479. The molecule has 0 atom stereocenters. The summed E-state index contributed by atoms with van der Waals surface area (Å²) >= 11 is 0. The highest BCUT2D eigenvalue weighted by molar-refractivity contribution is 5.96. The first kappa shape index (κ1) is 21.1. The Balaban J connectivity index is 1.99. The summed E-state index contributed by atoms with van der Waals surface area (Å²) in [6, 6.07) is 11.0. The van der Waals surface area contributed by atoms with E-state index in [-0.39, 0.29) is 23.0 Å². The van der Waals surface area contributed by atoms with Crippen molar-refractivity contribution in [2.24, 2.45) is 0 Å². The zero-order chi connectivity index (χ0) is 20.7. The number of halogens is 2. The topological polar surface area (TPSA) is 73.9 Å². The van der Waals surface area contributed by atoms with E-state index < -0.39 is 25.1 Å². The van der Waals surface area contributed by atoms with Crippen molar-refractivity contribution in [1.29, 1.82) is 0 Å². The van der Waals surface area contributed by atoms with Crippen LogP contribution in [0.2, 0.25) is 0 Å². The molecule has 0 aliphatic rings. The van der Waals surface area contributed by atoms with Gasteiger partial charge in [-0.3, -0.25) is 4.79 Å². The van der Waals surface area contributed by atoms with Crippen LogP contribution in [0.3, 0.4) is 0 Å². The number of carbonyl (C=O) groups excluding carboxylic acids is 2. The van der Waals surface area contributed by atoms with Crippen LogP contribution < -0.4 is 14.8 Å². The minimum Gasteiger partial charge on any atom is -0.493 e. The fourth-order valence-electron chi connectivity index (χ4n) is 2.50. The molecular formula is C20H21F2NO5. The van der Waals surface area contributed by atoms with Crippen LogP contribution in [-0.4, -0.2) is 32.2 Å². The SMILES string of the molecule is COc1cc(C(=O)OCC(=O)Nc2ccccc2C(C)C)ccc1OC(F)F. The van der Waals surface area contributed by atoms with Gasteiger partial charge in [0.15, 0.2) is 18.1 Å². The zero-order valence-electron chi connectivity index (χ0n) is 15.7. The number of rotatable bonds is 8. The number of hydrogen-bond acceptors (Lipinski definition) is 5. The Morgan fingerprint density at radius 3 is 2.43 bits per heavy atom. The summed E-state index contributed by atoms with van der Waals surface area (Å²) in [4.78, 5) is 24.2. The molecule has 0 aromatic heterocycles. The van der Waals surface area contributed by atoms with Gasteiger partial charge in [-0.25, -0.2) is 4.79 Å².